The molecule has 1 saturated heterocycles. The lowest BCUT2D eigenvalue weighted by Gasteiger charge is -2.31. The fourth-order valence-electron chi connectivity index (χ4n) is 4.00. The molecule has 0 bridgehead atoms. The Morgan fingerprint density at radius 2 is 1.89 bits per heavy atom. The number of nitro groups is 1. The van der Waals surface area contributed by atoms with Crippen LogP contribution in [0.3, 0.4) is 0 Å². The van der Waals surface area contributed by atoms with Gasteiger partial charge in [-0.1, -0.05) is 29.5 Å². The zero-order valence-electron chi connectivity index (χ0n) is 19.3. The van der Waals surface area contributed by atoms with E-state index in [2.05, 4.69) is 15.7 Å². The van der Waals surface area contributed by atoms with Crippen LogP contribution in [-0.2, 0) is 0 Å². The Bertz CT molecular complexity index is 1370. The fourth-order valence-corrected chi connectivity index (χ4v) is 4.79. The molecule has 5 rings (SSSR count). The van der Waals surface area contributed by atoms with Gasteiger partial charge in [0.1, 0.15) is 6.23 Å². The van der Waals surface area contributed by atoms with Crippen LogP contribution < -0.4 is 14.9 Å². The smallest absolute Gasteiger partial charge is 0.324 e. The highest BCUT2D eigenvalue weighted by molar-refractivity contribution is 7.17. The molecule has 0 amide bonds. The van der Waals surface area contributed by atoms with Crippen LogP contribution in [0.1, 0.15) is 10.4 Å². The topological polar surface area (TPSA) is 134 Å². The number of hydrogen-bond donors (Lipinski definition) is 2. The number of rotatable bonds is 7. The van der Waals surface area contributed by atoms with E-state index in [1.807, 2.05) is 48.5 Å². The number of aliphatic hydroxyl groups is 1. The van der Waals surface area contributed by atoms with Crippen molar-refractivity contribution in [2.24, 2.45) is 15.2 Å². The molecule has 3 heterocycles. The van der Waals surface area contributed by atoms with E-state index in [1.165, 1.54) is 6.07 Å². The highest BCUT2D eigenvalue weighted by Gasteiger charge is 2.45. The SMILES string of the molecule is COc1ccc(C2=CC(c3ccc([N+](=O)[O-])s3)=NC3C(N=Nc4ccccc4)C(O)NN23)cc1OC. The molecule has 0 spiro atoms. The van der Waals surface area contributed by atoms with Gasteiger partial charge in [0.05, 0.1) is 41.1 Å². The second kappa shape index (κ2) is 9.85. The zero-order chi connectivity index (χ0) is 25.2. The van der Waals surface area contributed by atoms with E-state index in [1.54, 1.807) is 31.4 Å². The average Bonchev–Trinajstić information content (AvgIpc) is 3.52. The molecule has 11 nitrogen and oxygen atoms in total. The molecule has 3 unspecified atom stereocenters. The number of aliphatic hydroxyl groups excluding tert-OH is 1. The predicted octanol–water partition coefficient (Wildman–Crippen LogP) is 4.13. The van der Waals surface area contributed by atoms with Crippen molar-refractivity contribution in [1.29, 1.82) is 0 Å². The fraction of sp³-hybridized carbons (Fsp3) is 0.208. The Labute approximate surface area is 210 Å². The molecule has 1 aromatic heterocycles. The number of ether oxygens (including phenoxy) is 2. The lowest BCUT2D eigenvalue weighted by Crippen LogP contribution is -2.40. The number of fused-ring (bicyclic) bond motifs is 1. The summed E-state index contributed by atoms with van der Waals surface area (Å²) >= 11 is 1.03. The van der Waals surface area contributed by atoms with Gasteiger partial charge >= 0.3 is 5.00 Å². The number of nitrogens with one attached hydrogen (secondary N) is 1. The molecular weight excluding hydrogens is 484 g/mol. The maximum Gasteiger partial charge on any atom is 0.324 e. The molecule has 12 heteroatoms. The molecule has 1 fully saturated rings. The molecule has 2 aliphatic rings. The monoisotopic (exact) mass is 506 g/mol. The highest BCUT2D eigenvalue weighted by Crippen LogP contribution is 2.38. The van der Waals surface area contributed by atoms with Crippen LogP contribution >= 0.6 is 11.3 Å². The van der Waals surface area contributed by atoms with E-state index < -0.39 is 23.4 Å². The minimum atomic E-state index is -1.06. The van der Waals surface area contributed by atoms with Crippen molar-refractivity contribution in [3.63, 3.8) is 0 Å². The summed E-state index contributed by atoms with van der Waals surface area (Å²) in [7, 11) is 3.11. The van der Waals surface area contributed by atoms with Gasteiger partial charge in [0.2, 0.25) is 0 Å². The third-order valence-corrected chi connectivity index (χ3v) is 6.79. The number of allylic oxidation sites excluding steroid dienone is 1. The van der Waals surface area contributed by atoms with Crippen molar-refractivity contribution in [2.75, 3.05) is 14.2 Å². The van der Waals surface area contributed by atoms with Crippen LogP contribution in [0.15, 0.2) is 82.0 Å². The Kier molecular flexibility index (Phi) is 6.46. The lowest BCUT2D eigenvalue weighted by atomic mass is 10.1. The van der Waals surface area contributed by atoms with Gasteiger partial charge in [0, 0.05) is 11.6 Å². The second-order valence-corrected chi connectivity index (χ2v) is 8.97. The third kappa shape index (κ3) is 4.44. The van der Waals surface area contributed by atoms with E-state index in [-0.39, 0.29) is 5.00 Å². The van der Waals surface area contributed by atoms with Crippen LogP contribution in [0.4, 0.5) is 10.7 Å². The van der Waals surface area contributed by atoms with Crippen molar-refractivity contribution in [3.05, 3.63) is 87.3 Å². The summed E-state index contributed by atoms with van der Waals surface area (Å²) < 4.78 is 10.8. The van der Waals surface area contributed by atoms with Gasteiger partial charge in [0.25, 0.3) is 0 Å². The molecule has 0 saturated carbocycles. The highest BCUT2D eigenvalue weighted by atomic mass is 32.1. The first-order valence-electron chi connectivity index (χ1n) is 10.9. The van der Waals surface area contributed by atoms with Gasteiger partial charge < -0.3 is 14.6 Å². The molecule has 184 valence electrons. The Balaban J connectivity index is 1.58. The number of azo groups is 1. The molecule has 2 aromatic carbocycles. The summed E-state index contributed by atoms with van der Waals surface area (Å²) in [6.07, 6.45) is 0.0903. The first kappa shape index (κ1) is 23.6. The maximum atomic E-state index is 11.3. The second-order valence-electron chi connectivity index (χ2n) is 7.91. The van der Waals surface area contributed by atoms with Crippen molar-refractivity contribution in [1.82, 2.24) is 10.4 Å². The quantitative estimate of drug-likeness (QED) is 0.279. The van der Waals surface area contributed by atoms with E-state index in [9.17, 15) is 15.2 Å². The van der Waals surface area contributed by atoms with Crippen LogP contribution in [0.5, 0.6) is 11.5 Å². The number of thiophene rings is 1. The van der Waals surface area contributed by atoms with Gasteiger partial charge in [-0.15, -0.1) is 0 Å². The minimum Gasteiger partial charge on any atom is -0.493 e. The molecule has 0 aliphatic carbocycles. The summed E-state index contributed by atoms with van der Waals surface area (Å²) in [5.74, 6) is 1.10. The summed E-state index contributed by atoms with van der Waals surface area (Å²) in [4.78, 5) is 16.3. The van der Waals surface area contributed by atoms with Crippen LogP contribution in [0.25, 0.3) is 5.70 Å². The van der Waals surface area contributed by atoms with Crippen molar-refractivity contribution in [2.45, 2.75) is 18.4 Å². The van der Waals surface area contributed by atoms with Gasteiger partial charge in [-0.25, -0.2) is 5.43 Å². The number of hydrogen-bond acceptors (Lipinski definition) is 11. The van der Waals surface area contributed by atoms with E-state index in [4.69, 9.17) is 14.5 Å². The number of methoxy groups -OCH3 is 2. The first-order chi connectivity index (χ1) is 17.5. The molecule has 3 aromatic rings. The maximum absolute atomic E-state index is 11.3. The van der Waals surface area contributed by atoms with Crippen LogP contribution in [0.2, 0.25) is 0 Å². The van der Waals surface area contributed by atoms with Gasteiger partial charge in [0.15, 0.2) is 23.7 Å². The minimum absolute atomic E-state index is 0.0149. The third-order valence-electron chi connectivity index (χ3n) is 5.74. The van der Waals surface area contributed by atoms with Gasteiger partial charge in [-0.05, 0) is 42.5 Å². The molecule has 3 atom stereocenters. The standard InChI is InChI=1S/C24H22N6O5S/c1-34-18-9-8-14(12-19(18)35-2)17-13-16(20-10-11-21(36-20)30(32)33)25-23-22(24(31)28-29(17)23)27-26-15-6-4-3-5-7-15/h3-13,22-24,28,31H,1-2H3. The largest absolute Gasteiger partial charge is 0.493 e. The molecule has 0 radical (unpaired) electrons. The van der Waals surface area contributed by atoms with E-state index >= 15 is 0 Å². The summed E-state index contributed by atoms with van der Waals surface area (Å²) in [5, 5.41) is 32.5. The number of hydrazine groups is 1. The van der Waals surface area contributed by atoms with E-state index in [0.717, 1.165) is 16.9 Å². The van der Waals surface area contributed by atoms with Gasteiger partial charge in [-0.3, -0.25) is 20.1 Å². The molecule has 2 N–H and O–H groups in total. The molecule has 36 heavy (non-hydrogen) atoms. The Hall–Kier alpha value is -4.13. The number of benzene rings is 2. The zero-order valence-corrected chi connectivity index (χ0v) is 20.1. The summed E-state index contributed by atoms with van der Waals surface area (Å²) in [6, 6.07) is 17.0. The van der Waals surface area contributed by atoms with E-state index in [0.29, 0.717) is 33.5 Å². The summed E-state index contributed by atoms with van der Waals surface area (Å²) in [5.41, 5.74) is 5.66. The molecular formula is C24H22N6O5S. The predicted molar refractivity (Wildman–Crippen MR) is 135 cm³/mol. The van der Waals surface area contributed by atoms with Crippen molar-refractivity contribution in [3.8, 4) is 11.5 Å². The Morgan fingerprint density at radius 1 is 1.11 bits per heavy atom. The Morgan fingerprint density at radius 3 is 2.58 bits per heavy atom. The normalized spacial score (nSPS) is 21.2. The molecule has 2 aliphatic heterocycles. The number of nitrogens with zero attached hydrogens (tertiary/aromatic N) is 5. The number of aliphatic imine (C=N–C) groups is 1. The lowest BCUT2D eigenvalue weighted by molar-refractivity contribution is -0.380. The van der Waals surface area contributed by atoms with Crippen molar-refractivity contribution >= 4 is 33.4 Å². The summed E-state index contributed by atoms with van der Waals surface area (Å²) in [6.45, 7) is 0. The van der Waals surface area contributed by atoms with Crippen LogP contribution in [0, 0.1) is 10.1 Å². The van der Waals surface area contributed by atoms with Crippen LogP contribution in [-0.4, -0.2) is 53.4 Å². The first-order valence-corrected chi connectivity index (χ1v) is 11.8. The van der Waals surface area contributed by atoms with Gasteiger partial charge in [-0.2, -0.15) is 10.2 Å². The van der Waals surface area contributed by atoms with Crippen molar-refractivity contribution < 1.29 is 19.5 Å². The average molecular weight is 507 g/mol.